The molecule has 1 aliphatic heterocycles. The lowest BCUT2D eigenvalue weighted by Gasteiger charge is -2.27. The van der Waals surface area contributed by atoms with Gasteiger partial charge in [-0.25, -0.2) is 9.78 Å². The number of carbonyl (C=O) groups excluding carboxylic acids is 3. The summed E-state index contributed by atoms with van der Waals surface area (Å²) in [5.41, 5.74) is 2.92. The van der Waals surface area contributed by atoms with Crippen molar-refractivity contribution in [1.29, 1.82) is 0 Å². The van der Waals surface area contributed by atoms with E-state index in [4.69, 9.17) is 4.74 Å². The molecule has 0 bridgehead atoms. The molecule has 1 amide bonds. The molecule has 3 aromatic rings. The number of amides is 1. The molecule has 4 rings (SSSR count). The number of nitrogens with zero attached hydrogens (tertiary/aromatic N) is 2. The quantitative estimate of drug-likeness (QED) is 0.402. The number of aliphatic hydroxyl groups excluding tert-OH is 1. The summed E-state index contributed by atoms with van der Waals surface area (Å²) in [6.07, 6.45) is 0.834. The molecule has 7 nitrogen and oxygen atoms in total. The fraction of sp³-hybridized carbons (Fsp3) is 0.231. The van der Waals surface area contributed by atoms with E-state index in [1.165, 1.54) is 29.4 Å². The summed E-state index contributed by atoms with van der Waals surface area (Å²) in [4.78, 5) is 45.1. The van der Waals surface area contributed by atoms with E-state index in [2.05, 4.69) is 4.98 Å². The molecule has 1 atom stereocenters. The van der Waals surface area contributed by atoms with Gasteiger partial charge >= 0.3 is 5.97 Å². The van der Waals surface area contributed by atoms with Crippen molar-refractivity contribution < 1.29 is 24.2 Å². The van der Waals surface area contributed by atoms with E-state index in [0.717, 1.165) is 17.0 Å². The molecule has 0 spiro atoms. The molecule has 1 unspecified atom stereocenters. The van der Waals surface area contributed by atoms with Crippen molar-refractivity contribution in [2.24, 2.45) is 0 Å². The average molecular weight is 477 g/mol. The van der Waals surface area contributed by atoms with Crippen LogP contribution >= 0.6 is 11.3 Å². The zero-order valence-electron chi connectivity index (χ0n) is 19.3. The number of carbonyl (C=O) groups is 3. The highest BCUT2D eigenvalue weighted by atomic mass is 32.1. The highest BCUT2D eigenvalue weighted by molar-refractivity contribution is 7.14. The number of aliphatic hydroxyl groups is 1. The zero-order valence-corrected chi connectivity index (χ0v) is 20.1. The minimum atomic E-state index is -0.874. The van der Waals surface area contributed by atoms with Gasteiger partial charge in [0, 0.05) is 5.69 Å². The Bertz CT molecular complexity index is 1320. The number of aryl methyl sites for hydroxylation is 3. The number of hydrogen-bond donors (Lipinski definition) is 1. The minimum Gasteiger partial charge on any atom is -0.503 e. The Morgan fingerprint density at radius 2 is 1.85 bits per heavy atom. The summed E-state index contributed by atoms with van der Waals surface area (Å²) in [7, 11) is 1.28. The molecule has 0 saturated heterocycles. The predicted molar refractivity (Wildman–Crippen MR) is 129 cm³/mol. The fourth-order valence-corrected chi connectivity index (χ4v) is 4.99. The summed E-state index contributed by atoms with van der Waals surface area (Å²) in [6.45, 7) is 5.57. The van der Waals surface area contributed by atoms with Gasteiger partial charge in [0.05, 0.1) is 39.9 Å². The molecule has 2 heterocycles. The molecular formula is C26H24N2O5S. The van der Waals surface area contributed by atoms with E-state index in [1.807, 2.05) is 31.2 Å². The number of hydrogen-bond acceptors (Lipinski definition) is 7. The largest absolute Gasteiger partial charge is 0.503 e. The number of esters is 1. The Kier molecular flexibility index (Phi) is 6.34. The number of benzene rings is 2. The molecule has 8 heteroatoms. The topological polar surface area (TPSA) is 96.8 Å². The van der Waals surface area contributed by atoms with Crippen molar-refractivity contribution in [3.63, 3.8) is 0 Å². The van der Waals surface area contributed by atoms with Gasteiger partial charge in [-0.05, 0) is 49.6 Å². The van der Waals surface area contributed by atoms with Crippen LogP contribution in [0.25, 0.3) is 0 Å². The molecule has 1 N–H and O–H groups in total. The molecular weight excluding hydrogens is 452 g/mol. The standard InChI is InChI=1S/C26H24N2O5S/c1-5-16-9-11-17(12-10-16)21-20(22(29)24-14(2)27-15(3)34-24)23(30)25(31)28(21)19-8-6-7-18(13-19)26(32)33-4/h6-13,21,30H,5H2,1-4H3. The third-order valence-corrected chi connectivity index (χ3v) is 6.88. The van der Waals surface area contributed by atoms with Crippen LogP contribution in [0.3, 0.4) is 0 Å². The van der Waals surface area contributed by atoms with E-state index in [9.17, 15) is 19.5 Å². The SMILES string of the molecule is CCc1ccc(C2C(C(=O)c3sc(C)nc3C)=C(O)C(=O)N2c2cccc(C(=O)OC)c2)cc1. The number of ether oxygens (including phenoxy) is 1. The summed E-state index contributed by atoms with van der Waals surface area (Å²) >= 11 is 1.23. The molecule has 0 aliphatic carbocycles. The van der Waals surface area contributed by atoms with Crippen molar-refractivity contribution in [1.82, 2.24) is 4.98 Å². The highest BCUT2D eigenvalue weighted by Crippen LogP contribution is 2.43. The van der Waals surface area contributed by atoms with Crippen LogP contribution in [0.5, 0.6) is 0 Å². The van der Waals surface area contributed by atoms with Gasteiger partial charge in [0.2, 0.25) is 5.78 Å². The first-order valence-electron chi connectivity index (χ1n) is 10.8. The fourth-order valence-electron chi connectivity index (χ4n) is 4.12. The van der Waals surface area contributed by atoms with E-state index in [0.29, 0.717) is 21.8 Å². The van der Waals surface area contributed by atoms with Crippen LogP contribution in [0, 0.1) is 13.8 Å². The molecule has 34 heavy (non-hydrogen) atoms. The lowest BCUT2D eigenvalue weighted by Crippen LogP contribution is -2.31. The molecule has 0 fully saturated rings. The Morgan fingerprint density at radius 1 is 1.15 bits per heavy atom. The van der Waals surface area contributed by atoms with Crippen LogP contribution in [0.2, 0.25) is 0 Å². The minimum absolute atomic E-state index is 0.00975. The number of ketones is 1. The Balaban J connectivity index is 1.88. The number of methoxy groups -OCH3 is 1. The summed E-state index contributed by atoms with van der Waals surface area (Å²) < 4.78 is 4.81. The third kappa shape index (κ3) is 4.01. The Labute approximate surface area is 201 Å². The van der Waals surface area contributed by atoms with Crippen molar-refractivity contribution in [3.05, 3.63) is 92.1 Å². The van der Waals surface area contributed by atoms with Crippen LogP contribution in [-0.2, 0) is 16.0 Å². The van der Waals surface area contributed by atoms with Gasteiger partial charge in [0.1, 0.15) is 0 Å². The van der Waals surface area contributed by atoms with Crippen LogP contribution in [-0.4, -0.2) is 34.9 Å². The predicted octanol–water partition coefficient (Wildman–Crippen LogP) is 4.89. The Morgan fingerprint density at radius 3 is 2.44 bits per heavy atom. The normalized spacial score (nSPS) is 15.7. The van der Waals surface area contributed by atoms with Crippen LogP contribution in [0.4, 0.5) is 5.69 Å². The van der Waals surface area contributed by atoms with E-state index >= 15 is 0 Å². The van der Waals surface area contributed by atoms with Gasteiger partial charge in [-0.2, -0.15) is 0 Å². The summed E-state index contributed by atoms with van der Waals surface area (Å²) in [5, 5.41) is 11.7. The van der Waals surface area contributed by atoms with Gasteiger partial charge < -0.3 is 9.84 Å². The molecule has 1 aromatic heterocycles. The van der Waals surface area contributed by atoms with Crippen LogP contribution in [0.1, 0.15) is 54.8 Å². The number of Topliss-reactive ketones (excluding diaryl/α,β-unsaturated/α-hetero) is 1. The average Bonchev–Trinajstić information content (AvgIpc) is 3.33. The first-order chi connectivity index (χ1) is 16.3. The van der Waals surface area contributed by atoms with Crippen LogP contribution < -0.4 is 4.90 Å². The second-order valence-corrected chi connectivity index (χ2v) is 9.16. The first kappa shape index (κ1) is 23.4. The molecule has 174 valence electrons. The van der Waals surface area contributed by atoms with E-state index < -0.39 is 29.5 Å². The number of aromatic nitrogens is 1. The number of thiazole rings is 1. The smallest absolute Gasteiger partial charge is 0.337 e. The Hall–Kier alpha value is -3.78. The van der Waals surface area contributed by atoms with Crippen LogP contribution in [0.15, 0.2) is 59.9 Å². The van der Waals surface area contributed by atoms with Crippen molar-refractivity contribution >= 4 is 34.7 Å². The number of anilines is 1. The number of rotatable bonds is 6. The molecule has 0 radical (unpaired) electrons. The maximum atomic E-state index is 13.6. The van der Waals surface area contributed by atoms with E-state index in [-0.39, 0.29) is 11.1 Å². The van der Waals surface area contributed by atoms with Gasteiger partial charge in [0.25, 0.3) is 5.91 Å². The maximum Gasteiger partial charge on any atom is 0.337 e. The second-order valence-electron chi connectivity index (χ2n) is 7.95. The van der Waals surface area contributed by atoms with E-state index in [1.54, 1.807) is 32.0 Å². The molecule has 0 saturated carbocycles. The van der Waals surface area contributed by atoms with Crippen molar-refractivity contribution in [2.75, 3.05) is 12.0 Å². The molecule has 2 aromatic carbocycles. The first-order valence-corrected chi connectivity index (χ1v) is 11.6. The zero-order chi connectivity index (χ0) is 24.6. The van der Waals surface area contributed by atoms with Gasteiger partial charge in [0.15, 0.2) is 5.76 Å². The third-order valence-electron chi connectivity index (χ3n) is 5.81. The monoisotopic (exact) mass is 476 g/mol. The summed E-state index contributed by atoms with van der Waals surface area (Å²) in [5.74, 6) is -2.32. The lowest BCUT2D eigenvalue weighted by molar-refractivity contribution is -0.117. The second kappa shape index (κ2) is 9.23. The van der Waals surface area contributed by atoms with Crippen molar-refractivity contribution in [3.8, 4) is 0 Å². The summed E-state index contributed by atoms with van der Waals surface area (Å²) in [6, 6.07) is 13.1. The molecule has 1 aliphatic rings. The lowest BCUT2D eigenvalue weighted by atomic mass is 9.94. The van der Waals surface area contributed by atoms with Gasteiger partial charge in [-0.15, -0.1) is 11.3 Å². The highest BCUT2D eigenvalue weighted by Gasteiger charge is 2.45. The maximum absolute atomic E-state index is 13.6. The van der Waals surface area contributed by atoms with Crippen molar-refractivity contribution in [2.45, 2.75) is 33.2 Å². The van der Waals surface area contributed by atoms with Gasteiger partial charge in [-0.3, -0.25) is 14.5 Å². The van der Waals surface area contributed by atoms with Gasteiger partial charge in [-0.1, -0.05) is 37.3 Å².